The molecule has 0 saturated heterocycles. The highest BCUT2D eigenvalue weighted by Crippen LogP contribution is 2.45. The van der Waals surface area contributed by atoms with Gasteiger partial charge >= 0.3 is 0 Å². The van der Waals surface area contributed by atoms with Gasteiger partial charge in [0.05, 0.1) is 5.69 Å². The van der Waals surface area contributed by atoms with Crippen molar-refractivity contribution in [3.8, 4) is 44.5 Å². The van der Waals surface area contributed by atoms with Crippen LogP contribution < -0.4 is 4.90 Å². The quantitative estimate of drug-likeness (QED) is 0.166. The van der Waals surface area contributed by atoms with Crippen LogP contribution in [-0.2, 0) is 0 Å². The Morgan fingerprint density at radius 1 is 0.315 bits per heavy atom. The second-order valence-electron chi connectivity index (χ2n) is 13.7. The van der Waals surface area contributed by atoms with Gasteiger partial charge < -0.3 is 9.32 Å². The maximum Gasteiger partial charge on any atom is 0.143 e. The largest absolute Gasteiger partial charge is 0.455 e. The second-order valence-corrected chi connectivity index (χ2v) is 13.7. The smallest absolute Gasteiger partial charge is 0.143 e. The fraction of sp³-hybridized carbons (Fsp3) is 0. The van der Waals surface area contributed by atoms with Crippen LogP contribution in [0.25, 0.3) is 77.2 Å². The van der Waals surface area contributed by atoms with Crippen LogP contribution in [0.1, 0.15) is 0 Å². The van der Waals surface area contributed by atoms with Crippen LogP contribution in [0.15, 0.2) is 217 Å². The number of benzene rings is 9. The molecule has 0 aliphatic heterocycles. The van der Waals surface area contributed by atoms with Crippen LogP contribution in [0.2, 0.25) is 0 Å². The molecule has 2 nitrogen and oxygen atoms in total. The van der Waals surface area contributed by atoms with Crippen molar-refractivity contribution in [2.45, 2.75) is 0 Å². The summed E-state index contributed by atoms with van der Waals surface area (Å²) < 4.78 is 6.59. The molecule has 2 heteroatoms. The average molecular weight is 690 g/mol. The molecular formula is C52H35NO. The molecule has 0 fully saturated rings. The summed E-state index contributed by atoms with van der Waals surface area (Å²) in [5.74, 6) is 0. The maximum atomic E-state index is 6.59. The van der Waals surface area contributed by atoms with E-state index in [1.165, 1.54) is 38.6 Å². The molecule has 0 radical (unpaired) electrons. The standard InChI is InChI=1S/C52H35NO/c1-2-14-36(15-3-1)38-30-32-42(33-31-38)53(50-26-10-8-22-46(50)48-24-13-25-49-47-23-9-11-27-51(47)54-52(48)49)43-19-12-18-40(35-43)44-20-6-7-21-45(44)41-29-28-37-16-4-5-17-39(37)34-41/h1-35H. The molecule has 0 aliphatic rings. The highest BCUT2D eigenvalue weighted by atomic mass is 16.3. The predicted molar refractivity (Wildman–Crippen MR) is 228 cm³/mol. The molecular weight excluding hydrogens is 655 g/mol. The van der Waals surface area contributed by atoms with Crippen LogP contribution in [0.5, 0.6) is 0 Å². The summed E-state index contributed by atoms with van der Waals surface area (Å²) in [6, 6.07) is 75.9. The summed E-state index contributed by atoms with van der Waals surface area (Å²) in [5, 5.41) is 4.72. The maximum absolute atomic E-state index is 6.59. The molecule has 0 atom stereocenters. The number of para-hydroxylation sites is 3. The lowest BCUT2D eigenvalue weighted by atomic mass is 9.93. The minimum atomic E-state index is 0.892. The summed E-state index contributed by atoms with van der Waals surface area (Å²) in [6.45, 7) is 0. The Morgan fingerprint density at radius 3 is 1.72 bits per heavy atom. The Bertz CT molecular complexity index is 2940. The zero-order chi connectivity index (χ0) is 35.8. The molecule has 9 aromatic carbocycles. The van der Waals surface area contributed by atoms with Crippen molar-refractivity contribution in [1.82, 2.24) is 0 Å². The van der Waals surface area contributed by atoms with Crippen molar-refractivity contribution in [1.29, 1.82) is 0 Å². The second kappa shape index (κ2) is 13.4. The van der Waals surface area contributed by atoms with Crippen LogP contribution in [-0.4, -0.2) is 0 Å². The number of hydrogen-bond donors (Lipinski definition) is 0. The molecule has 0 bridgehead atoms. The molecule has 0 aliphatic carbocycles. The number of anilines is 3. The van der Waals surface area contributed by atoms with Crippen LogP contribution in [0, 0.1) is 0 Å². The summed E-state index contributed by atoms with van der Waals surface area (Å²) in [5.41, 5.74) is 14.3. The lowest BCUT2D eigenvalue weighted by molar-refractivity contribution is 0.670. The molecule has 0 amide bonds. The van der Waals surface area contributed by atoms with Crippen molar-refractivity contribution in [2.24, 2.45) is 0 Å². The van der Waals surface area contributed by atoms with Gasteiger partial charge in [-0.3, -0.25) is 0 Å². The summed E-state index contributed by atoms with van der Waals surface area (Å²) in [7, 11) is 0. The normalized spacial score (nSPS) is 11.3. The molecule has 54 heavy (non-hydrogen) atoms. The van der Waals surface area contributed by atoms with E-state index < -0.39 is 0 Å². The fourth-order valence-corrected chi connectivity index (χ4v) is 7.87. The van der Waals surface area contributed by atoms with Gasteiger partial charge in [-0.15, -0.1) is 0 Å². The first-order valence-corrected chi connectivity index (χ1v) is 18.4. The van der Waals surface area contributed by atoms with E-state index in [0.717, 1.165) is 55.7 Å². The molecule has 10 rings (SSSR count). The predicted octanol–water partition coefficient (Wildman–Crippen LogP) is 14.9. The third-order valence-electron chi connectivity index (χ3n) is 10.5. The van der Waals surface area contributed by atoms with Crippen molar-refractivity contribution in [3.05, 3.63) is 212 Å². The summed E-state index contributed by atoms with van der Waals surface area (Å²) >= 11 is 0. The number of furan rings is 1. The summed E-state index contributed by atoms with van der Waals surface area (Å²) in [6.07, 6.45) is 0. The number of rotatable bonds is 7. The lowest BCUT2D eigenvalue weighted by Crippen LogP contribution is -2.11. The first-order valence-electron chi connectivity index (χ1n) is 18.4. The number of hydrogen-bond acceptors (Lipinski definition) is 2. The molecule has 10 aromatic rings. The van der Waals surface area contributed by atoms with Gasteiger partial charge in [-0.25, -0.2) is 0 Å². The van der Waals surface area contributed by atoms with Gasteiger partial charge in [0, 0.05) is 33.3 Å². The lowest BCUT2D eigenvalue weighted by Gasteiger charge is -2.28. The van der Waals surface area contributed by atoms with E-state index >= 15 is 0 Å². The van der Waals surface area contributed by atoms with Gasteiger partial charge in [0.15, 0.2) is 0 Å². The Labute approximate surface area is 314 Å². The highest BCUT2D eigenvalue weighted by molar-refractivity contribution is 6.11. The van der Waals surface area contributed by atoms with Gasteiger partial charge in [0.25, 0.3) is 0 Å². The van der Waals surface area contributed by atoms with Crippen LogP contribution >= 0.6 is 0 Å². The fourth-order valence-electron chi connectivity index (χ4n) is 7.87. The molecule has 0 saturated carbocycles. The van der Waals surface area contributed by atoms with Gasteiger partial charge in [-0.05, 0) is 86.6 Å². The molecule has 0 unspecified atom stereocenters. The van der Waals surface area contributed by atoms with Gasteiger partial charge in [0.2, 0.25) is 0 Å². The monoisotopic (exact) mass is 689 g/mol. The third-order valence-corrected chi connectivity index (χ3v) is 10.5. The number of nitrogens with zero attached hydrogens (tertiary/aromatic N) is 1. The van der Waals surface area contributed by atoms with Gasteiger partial charge in [-0.1, -0.05) is 170 Å². The van der Waals surface area contributed by atoms with E-state index in [1.54, 1.807) is 0 Å². The topological polar surface area (TPSA) is 16.4 Å². The van der Waals surface area contributed by atoms with E-state index in [9.17, 15) is 0 Å². The van der Waals surface area contributed by atoms with Crippen LogP contribution in [0.3, 0.4) is 0 Å². The molecule has 0 spiro atoms. The third kappa shape index (κ3) is 5.62. The SMILES string of the molecule is c1ccc(-c2ccc(N(c3cccc(-c4ccccc4-c4ccc5ccccc5c4)c3)c3ccccc3-c3cccc4c3oc3ccccc34)cc2)cc1. The van der Waals surface area contributed by atoms with Gasteiger partial charge in [-0.2, -0.15) is 0 Å². The van der Waals surface area contributed by atoms with Gasteiger partial charge in [0.1, 0.15) is 11.2 Å². The Balaban J connectivity index is 1.15. The Hall–Kier alpha value is -7.16. The molecule has 0 N–H and O–H groups in total. The highest BCUT2D eigenvalue weighted by Gasteiger charge is 2.21. The van der Waals surface area contributed by atoms with E-state index in [4.69, 9.17) is 4.42 Å². The van der Waals surface area contributed by atoms with Crippen molar-refractivity contribution >= 4 is 49.8 Å². The van der Waals surface area contributed by atoms with E-state index in [1.807, 2.05) is 12.1 Å². The molecule has 1 heterocycles. The Morgan fingerprint density at radius 2 is 0.889 bits per heavy atom. The van der Waals surface area contributed by atoms with Crippen LogP contribution in [0.4, 0.5) is 17.1 Å². The molecule has 254 valence electrons. The first kappa shape index (κ1) is 31.6. The zero-order valence-electron chi connectivity index (χ0n) is 29.6. The van der Waals surface area contributed by atoms with Crippen molar-refractivity contribution in [3.63, 3.8) is 0 Å². The number of fused-ring (bicyclic) bond motifs is 4. The minimum Gasteiger partial charge on any atom is -0.455 e. The zero-order valence-corrected chi connectivity index (χ0v) is 29.6. The first-order chi connectivity index (χ1) is 26.8. The molecule has 1 aromatic heterocycles. The van der Waals surface area contributed by atoms with E-state index in [2.05, 4.69) is 205 Å². The van der Waals surface area contributed by atoms with Crippen molar-refractivity contribution in [2.75, 3.05) is 4.90 Å². The average Bonchev–Trinajstić information content (AvgIpc) is 3.64. The van der Waals surface area contributed by atoms with Crippen molar-refractivity contribution < 1.29 is 4.42 Å². The minimum absolute atomic E-state index is 0.892. The summed E-state index contributed by atoms with van der Waals surface area (Å²) in [4.78, 5) is 2.38. The van der Waals surface area contributed by atoms with E-state index in [-0.39, 0.29) is 0 Å². The van der Waals surface area contributed by atoms with E-state index in [0.29, 0.717) is 0 Å². The Kier molecular flexibility index (Phi) is 7.85.